The van der Waals surface area contributed by atoms with Gasteiger partial charge in [0.1, 0.15) is 0 Å². The predicted octanol–water partition coefficient (Wildman–Crippen LogP) is 2.81. The van der Waals surface area contributed by atoms with Crippen molar-refractivity contribution >= 4 is 5.69 Å². The van der Waals surface area contributed by atoms with Gasteiger partial charge in [-0.1, -0.05) is 25.1 Å². The lowest BCUT2D eigenvalue weighted by Crippen LogP contribution is -2.46. The maximum Gasteiger partial charge on any atom is 0.0401 e. The van der Waals surface area contributed by atoms with E-state index in [0.717, 1.165) is 13.0 Å². The molecule has 94 valence electrons. The molecule has 1 saturated heterocycles. The summed E-state index contributed by atoms with van der Waals surface area (Å²) in [4.78, 5) is 2.56. The van der Waals surface area contributed by atoms with Gasteiger partial charge in [-0.15, -0.1) is 0 Å². The van der Waals surface area contributed by atoms with E-state index >= 15 is 0 Å². The lowest BCUT2D eigenvalue weighted by Gasteiger charge is -2.41. The molecule has 0 saturated carbocycles. The van der Waals surface area contributed by atoms with E-state index in [1.807, 2.05) is 0 Å². The average molecular weight is 232 g/mol. The zero-order valence-electron chi connectivity index (χ0n) is 11.0. The molecule has 0 aliphatic carbocycles. The van der Waals surface area contributed by atoms with E-state index in [0.29, 0.717) is 12.0 Å². The van der Waals surface area contributed by atoms with Crippen molar-refractivity contribution in [2.45, 2.75) is 39.2 Å². The highest BCUT2D eigenvalue weighted by atomic mass is 15.2. The molecular weight excluding hydrogens is 208 g/mol. The fourth-order valence-corrected chi connectivity index (χ4v) is 2.97. The number of benzene rings is 1. The van der Waals surface area contributed by atoms with Gasteiger partial charge in [0, 0.05) is 18.3 Å². The molecule has 17 heavy (non-hydrogen) atoms. The molecule has 2 heteroatoms. The van der Waals surface area contributed by atoms with Crippen LogP contribution < -0.4 is 10.6 Å². The Morgan fingerprint density at radius 1 is 1.35 bits per heavy atom. The lowest BCUT2D eigenvalue weighted by molar-refractivity contribution is 0.345. The molecule has 1 fully saturated rings. The summed E-state index contributed by atoms with van der Waals surface area (Å²) in [5, 5.41) is 0. The number of rotatable bonds is 3. The van der Waals surface area contributed by atoms with Gasteiger partial charge < -0.3 is 10.6 Å². The van der Waals surface area contributed by atoms with Gasteiger partial charge in [0.05, 0.1) is 0 Å². The minimum atomic E-state index is 0.571. The molecule has 1 heterocycles. The van der Waals surface area contributed by atoms with Crippen molar-refractivity contribution in [1.29, 1.82) is 0 Å². The van der Waals surface area contributed by atoms with E-state index in [4.69, 9.17) is 5.73 Å². The largest absolute Gasteiger partial charge is 0.368 e. The Morgan fingerprint density at radius 2 is 2.12 bits per heavy atom. The molecular formula is C15H24N2. The quantitative estimate of drug-likeness (QED) is 0.868. The second kappa shape index (κ2) is 5.54. The number of hydrogen-bond donors (Lipinski definition) is 1. The smallest absolute Gasteiger partial charge is 0.0401 e. The van der Waals surface area contributed by atoms with Crippen molar-refractivity contribution in [3.8, 4) is 0 Å². The molecule has 0 unspecified atom stereocenters. The maximum absolute atomic E-state index is 5.88. The Balaban J connectivity index is 2.26. The molecule has 2 N–H and O–H groups in total. The molecule has 1 aromatic rings. The molecule has 2 nitrogen and oxygen atoms in total. The summed E-state index contributed by atoms with van der Waals surface area (Å²) < 4.78 is 0. The van der Waals surface area contributed by atoms with Crippen LogP contribution in [0.5, 0.6) is 0 Å². The van der Waals surface area contributed by atoms with E-state index < -0.39 is 0 Å². The highest BCUT2D eigenvalue weighted by Crippen LogP contribution is 2.30. The Bertz CT molecular complexity index is 362. The van der Waals surface area contributed by atoms with Crippen LogP contribution in [-0.4, -0.2) is 19.1 Å². The first kappa shape index (κ1) is 12.4. The Hall–Kier alpha value is -1.02. The third-order valence-corrected chi connectivity index (χ3v) is 4.13. The van der Waals surface area contributed by atoms with Crippen LogP contribution >= 0.6 is 0 Å². The van der Waals surface area contributed by atoms with Crippen LogP contribution in [0, 0.1) is 5.92 Å². The third-order valence-electron chi connectivity index (χ3n) is 4.13. The highest BCUT2D eigenvalue weighted by Gasteiger charge is 2.27. The maximum atomic E-state index is 5.88. The van der Waals surface area contributed by atoms with E-state index in [-0.39, 0.29) is 0 Å². The number of nitrogens with two attached hydrogens (primary N) is 1. The molecule has 2 atom stereocenters. The normalized spacial score (nSPS) is 25.0. The van der Waals surface area contributed by atoms with Crippen LogP contribution in [0.25, 0.3) is 0 Å². The summed E-state index contributed by atoms with van der Waals surface area (Å²) in [6.45, 7) is 6.54. The second-order valence-electron chi connectivity index (χ2n) is 5.05. The van der Waals surface area contributed by atoms with Crippen LogP contribution in [0.2, 0.25) is 0 Å². The van der Waals surface area contributed by atoms with Gasteiger partial charge in [-0.05, 0) is 50.3 Å². The first-order chi connectivity index (χ1) is 8.27. The average Bonchev–Trinajstić information content (AvgIpc) is 2.39. The molecule has 1 aromatic carbocycles. The van der Waals surface area contributed by atoms with Gasteiger partial charge in [0.15, 0.2) is 0 Å². The Kier molecular flexibility index (Phi) is 4.06. The van der Waals surface area contributed by atoms with Crippen molar-refractivity contribution in [3.05, 3.63) is 29.8 Å². The number of hydrogen-bond acceptors (Lipinski definition) is 2. The molecule has 0 bridgehead atoms. The SMILES string of the molecule is CCc1ccccc1N1CCC[C@H](CN)[C@H]1C. The summed E-state index contributed by atoms with van der Waals surface area (Å²) >= 11 is 0. The Morgan fingerprint density at radius 3 is 2.82 bits per heavy atom. The van der Waals surface area contributed by atoms with Crippen molar-refractivity contribution in [2.75, 3.05) is 18.0 Å². The summed E-state index contributed by atoms with van der Waals surface area (Å²) in [5.74, 6) is 0.647. The highest BCUT2D eigenvalue weighted by molar-refractivity contribution is 5.54. The molecule has 0 spiro atoms. The van der Waals surface area contributed by atoms with Crippen LogP contribution in [-0.2, 0) is 6.42 Å². The first-order valence-electron chi connectivity index (χ1n) is 6.82. The van der Waals surface area contributed by atoms with Crippen LogP contribution in [0.1, 0.15) is 32.3 Å². The van der Waals surface area contributed by atoms with Crippen LogP contribution in [0.15, 0.2) is 24.3 Å². The van der Waals surface area contributed by atoms with Crippen LogP contribution in [0.4, 0.5) is 5.69 Å². The zero-order chi connectivity index (χ0) is 12.3. The Labute approximate surface area is 105 Å². The summed E-state index contributed by atoms with van der Waals surface area (Å²) in [7, 11) is 0. The molecule has 0 radical (unpaired) electrons. The summed E-state index contributed by atoms with van der Waals surface area (Å²) in [6, 6.07) is 9.36. The molecule has 1 aliphatic heterocycles. The van der Waals surface area contributed by atoms with Gasteiger partial charge in [-0.25, -0.2) is 0 Å². The number of para-hydroxylation sites is 1. The molecule has 2 rings (SSSR count). The summed E-state index contributed by atoms with van der Waals surface area (Å²) in [6.07, 6.45) is 3.65. The number of piperidine rings is 1. The first-order valence-corrected chi connectivity index (χ1v) is 6.82. The number of aryl methyl sites for hydroxylation is 1. The minimum absolute atomic E-state index is 0.571. The molecule has 0 amide bonds. The summed E-state index contributed by atoms with van der Waals surface area (Å²) in [5.41, 5.74) is 8.75. The predicted molar refractivity (Wildman–Crippen MR) is 74.4 cm³/mol. The number of nitrogens with zero attached hydrogens (tertiary/aromatic N) is 1. The van der Waals surface area contributed by atoms with E-state index in [9.17, 15) is 0 Å². The third kappa shape index (κ3) is 2.47. The number of anilines is 1. The van der Waals surface area contributed by atoms with Gasteiger partial charge in [-0.2, -0.15) is 0 Å². The monoisotopic (exact) mass is 232 g/mol. The van der Waals surface area contributed by atoms with Crippen molar-refractivity contribution in [2.24, 2.45) is 11.7 Å². The van der Waals surface area contributed by atoms with E-state index in [1.165, 1.54) is 30.6 Å². The van der Waals surface area contributed by atoms with E-state index in [2.05, 4.69) is 43.0 Å². The van der Waals surface area contributed by atoms with Gasteiger partial charge in [0.2, 0.25) is 0 Å². The second-order valence-corrected chi connectivity index (χ2v) is 5.05. The van der Waals surface area contributed by atoms with Crippen molar-refractivity contribution in [1.82, 2.24) is 0 Å². The van der Waals surface area contributed by atoms with Gasteiger partial charge in [0.25, 0.3) is 0 Å². The van der Waals surface area contributed by atoms with Crippen LogP contribution in [0.3, 0.4) is 0 Å². The van der Waals surface area contributed by atoms with Crippen molar-refractivity contribution < 1.29 is 0 Å². The lowest BCUT2D eigenvalue weighted by atomic mass is 9.89. The topological polar surface area (TPSA) is 29.3 Å². The zero-order valence-corrected chi connectivity index (χ0v) is 11.0. The van der Waals surface area contributed by atoms with Gasteiger partial charge >= 0.3 is 0 Å². The fraction of sp³-hybridized carbons (Fsp3) is 0.600. The standard InChI is InChI=1S/C15H24N2/c1-3-13-7-4-5-9-15(13)17-10-6-8-14(11-16)12(17)2/h4-5,7,9,12,14H,3,6,8,10-11,16H2,1-2H3/t12-,14-/m1/s1. The van der Waals surface area contributed by atoms with Crippen molar-refractivity contribution in [3.63, 3.8) is 0 Å². The van der Waals surface area contributed by atoms with E-state index in [1.54, 1.807) is 0 Å². The minimum Gasteiger partial charge on any atom is -0.368 e. The molecule has 1 aliphatic rings. The fourth-order valence-electron chi connectivity index (χ4n) is 2.97. The molecule has 0 aromatic heterocycles. The van der Waals surface area contributed by atoms with Gasteiger partial charge in [-0.3, -0.25) is 0 Å².